The van der Waals surface area contributed by atoms with Gasteiger partial charge in [0, 0.05) is 22.1 Å². The molecule has 0 bridgehead atoms. The summed E-state index contributed by atoms with van der Waals surface area (Å²) in [4.78, 5) is 47.2. The van der Waals surface area contributed by atoms with Gasteiger partial charge in [-0.05, 0) is 11.5 Å². The summed E-state index contributed by atoms with van der Waals surface area (Å²) in [6.45, 7) is 0. The van der Waals surface area contributed by atoms with Crippen molar-refractivity contribution in [3.05, 3.63) is 27.8 Å². The molecule has 2 aliphatic rings. The van der Waals surface area contributed by atoms with Crippen molar-refractivity contribution < 1.29 is 24.3 Å². The van der Waals surface area contributed by atoms with Crippen LogP contribution in [0.15, 0.2) is 21.6 Å². The largest absolute Gasteiger partial charge is 0.477 e. The molecule has 0 saturated carbocycles. The van der Waals surface area contributed by atoms with Crippen molar-refractivity contribution in [2.75, 3.05) is 18.6 Å². The van der Waals surface area contributed by atoms with Gasteiger partial charge < -0.3 is 21.0 Å². The first-order valence-corrected chi connectivity index (χ1v) is 11.0. The quantitative estimate of drug-likeness (QED) is 0.294. The SMILES string of the molecule is CO/N=C(\C(=O)N[C@@H]1C(=O)N2C(C(=O)O)=C(c3csnn3)CS[C@@H]12)c1csc(N)n1. The minimum Gasteiger partial charge on any atom is -0.477 e. The van der Waals surface area contributed by atoms with Crippen LogP contribution in [0.3, 0.4) is 0 Å². The Labute approximate surface area is 181 Å². The van der Waals surface area contributed by atoms with Gasteiger partial charge in [-0.2, -0.15) is 0 Å². The molecule has 156 valence electrons. The number of oxime groups is 1. The van der Waals surface area contributed by atoms with Crippen molar-refractivity contribution in [2.45, 2.75) is 11.4 Å². The molecule has 2 atom stereocenters. The lowest BCUT2D eigenvalue weighted by atomic mass is 10.0. The van der Waals surface area contributed by atoms with E-state index in [2.05, 4.69) is 25.0 Å². The highest BCUT2D eigenvalue weighted by Crippen LogP contribution is 2.43. The number of fused-ring (bicyclic) bond motifs is 1. The standard InChI is InChI=1S/C15H13N7O5S3/c1-27-20-8(7-3-29-15(16)17-7)11(23)18-9-12(24)22-10(14(25)26)5(2-28-13(9)22)6-4-30-21-19-6/h3-4,9,13H,2H2,1H3,(H2,16,17)(H,18,23)(H,25,26)/b20-8-/t9-,13+/m1/s1. The highest BCUT2D eigenvalue weighted by atomic mass is 32.2. The number of carbonyl (C=O) groups is 3. The van der Waals surface area contributed by atoms with E-state index in [1.54, 1.807) is 5.38 Å². The summed E-state index contributed by atoms with van der Waals surface area (Å²) in [6, 6.07) is -0.926. The first kappa shape index (κ1) is 20.2. The number of hydrogen-bond donors (Lipinski definition) is 3. The minimum absolute atomic E-state index is 0.138. The number of aliphatic carboxylic acids is 1. The Hall–Kier alpha value is -3.04. The van der Waals surface area contributed by atoms with Crippen molar-refractivity contribution in [1.82, 2.24) is 24.8 Å². The van der Waals surface area contributed by atoms with Gasteiger partial charge in [-0.15, -0.1) is 28.2 Å². The van der Waals surface area contributed by atoms with Gasteiger partial charge in [-0.25, -0.2) is 9.78 Å². The zero-order valence-electron chi connectivity index (χ0n) is 15.1. The molecule has 15 heteroatoms. The molecule has 2 aromatic rings. The number of nitrogen functional groups attached to an aromatic ring is 1. The molecule has 30 heavy (non-hydrogen) atoms. The Balaban J connectivity index is 1.56. The van der Waals surface area contributed by atoms with E-state index in [1.165, 1.54) is 24.3 Å². The molecule has 4 heterocycles. The number of nitrogens with one attached hydrogen (secondary N) is 1. The minimum atomic E-state index is -1.25. The van der Waals surface area contributed by atoms with Gasteiger partial charge >= 0.3 is 5.97 Å². The Kier molecular flexibility index (Phi) is 5.40. The summed E-state index contributed by atoms with van der Waals surface area (Å²) in [5.41, 5.74) is 6.35. The van der Waals surface area contributed by atoms with Crippen LogP contribution in [0, 0.1) is 0 Å². The summed E-state index contributed by atoms with van der Waals surface area (Å²) in [5.74, 6) is -2.18. The predicted molar refractivity (Wildman–Crippen MR) is 110 cm³/mol. The van der Waals surface area contributed by atoms with Crippen LogP contribution in [-0.4, -0.2) is 72.4 Å². The number of nitrogens with two attached hydrogens (primary N) is 1. The normalized spacial score (nSPS) is 21.2. The molecule has 12 nitrogen and oxygen atoms in total. The zero-order valence-corrected chi connectivity index (χ0v) is 17.6. The molecule has 0 unspecified atom stereocenters. The van der Waals surface area contributed by atoms with Crippen molar-refractivity contribution in [3.8, 4) is 0 Å². The second-order valence-corrected chi connectivity index (χ2v) is 8.58. The number of aromatic nitrogens is 3. The monoisotopic (exact) mass is 467 g/mol. The van der Waals surface area contributed by atoms with Crippen LogP contribution in [0.4, 0.5) is 5.13 Å². The molecule has 4 N–H and O–H groups in total. The first-order chi connectivity index (χ1) is 14.4. The lowest BCUT2D eigenvalue weighted by Gasteiger charge is -2.49. The van der Waals surface area contributed by atoms with E-state index in [-0.39, 0.29) is 22.2 Å². The molecule has 2 aromatic heterocycles. The molecule has 0 spiro atoms. The van der Waals surface area contributed by atoms with Crippen LogP contribution in [0.1, 0.15) is 11.4 Å². The van der Waals surface area contributed by atoms with Gasteiger partial charge in [0.05, 0.1) is 0 Å². The van der Waals surface area contributed by atoms with E-state index in [1.807, 2.05) is 0 Å². The fourth-order valence-corrected chi connectivity index (χ4v) is 5.39. The molecule has 0 aliphatic carbocycles. The second-order valence-electron chi connectivity index (χ2n) is 5.98. The van der Waals surface area contributed by atoms with E-state index in [9.17, 15) is 19.5 Å². The van der Waals surface area contributed by atoms with Gasteiger partial charge in [0.1, 0.15) is 35.6 Å². The Morgan fingerprint density at radius 1 is 1.43 bits per heavy atom. The van der Waals surface area contributed by atoms with Gasteiger partial charge in [0.15, 0.2) is 10.8 Å². The fraction of sp³-hybridized carbons (Fsp3) is 0.267. The van der Waals surface area contributed by atoms with Crippen LogP contribution in [0.5, 0.6) is 0 Å². The second kappa shape index (κ2) is 8.00. The van der Waals surface area contributed by atoms with Crippen LogP contribution in [0.2, 0.25) is 0 Å². The van der Waals surface area contributed by atoms with Gasteiger partial charge in [-0.3, -0.25) is 14.5 Å². The van der Waals surface area contributed by atoms with Crippen LogP contribution >= 0.6 is 34.6 Å². The average Bonchev–Trinajstić information content (AvgIpc) is 3.40. The summed E-state index contributed by atoms with van der Waals surface area (Å²) >= 11 is 3.53. The van der Waals surface area contributed by atoms with Crippen LogP contribution in [-0.2, 0) is 19.2 Å². The number of β-lactam (4-membered cyclic amide) rings is 1. The number of carboxylic acids is 1. The molecular formula is C15H13N7O5S3. The number of nitrogens with zero attached hydrogens (tertiary/aromatic N) is 5. The smallest absolute Gasteiger partial charge is 0.353 e. The first-order valence-electron chi connectivity index (χ1n) is 8.24. The van der Waals surface area contributed by atoms with Crippen molar-refractivity contribution in [2.24, 2.45) is 5.16 Å². The number of hydrogen-bond acceptors (Lipinski definition) is 12. The van der Waals surface area contributed by atoms with E-state index >= 15 is 0 Å². The number of rotatable bonds is 6. The van der Waals surface area contributed by atoms with Gasteiger partial charge in [0.25, 0.3) is 11.8 Å². The van der Waals surface area contributed by atoms with E-state index in [4.69, 9.17) is 10.6 Å². The Morgan fingerprint density at radius 3 is 2.83 bits per heavy atom. The molecule has 4 rings (SSSR count). The molecule has 0 radical (unpaired) electrons. The van der Waals surface area contributed by atoms with Crippen molar-refractivity contribution in [3.63, 3.8) is 0 Å². The highest BCUT2D eigenvalue weighted by molar-refractivity contribution is 8.00. The van der Waals surface area contributed by atoms with Crippen molar-refractivity contribution >= 4 is 68.8 Å². The number of amides is 2. The summed E-state index contributed by atoms with van der Waals surface area (Å²) in [5, 5.41) is 22.7. The Bertz CT molecular complexity index is 1080. The summed E-state index contributed by atoms with van der Waals surface area (Å²) in [7, 11) is 1.27. The maximum Gasteiger partial charge on any atom is 0.353 e. The Morgan fingerprint density at radius 2 is 2.23 bits per heavy atom. The summed E-state index contributed by atoms with van der Waals surface area (Å²) < 4.78 is 3.75. The van der Waals surface area contributed by atoms with Gasteiger partial charge in [-0.1, -0.05) is 9.64 Å². The number of carbonyl (C=O) groups excluding carboxylic acids is 2. The predicted octanol–water partition coefficient (Wildman–Crippen LogP) is -0.177. The topological polar surface area (TPSA) is 173 Å². The third kappa shape index (κ3) is 3.40. The van der Waals surface area contributed by atoms with Crippen molar-refractivity contribution in [1.29, 1.82) is 0 Å². The molecule has 1 fully saturated rings. The fourth-order valence-electron chi connectivity index (χ4n) is 3.01. The molecule has 0 aromatic carbocycles. The van der Waals surface area contributed by atoms with E-state index in [0.29, 0.717) is 17.0 Å². The third-order valence-corrected chi connectivity index (χ3v) is 6.75. The van der Waals surface area contributed by atoms with E-state index in [0.717, 1.165) is 27.8 Å². The lowest BCUT2D eigenvalue weighted by molar-refractivity contribution is -0.149. The number of thioether (sulfide) groups is 1. The van der Waals surface area contributed by atoms with Crippen LogP contribution in [0.25, 0.3) is 5.57 Å². The summed E-state index contributed by atoms with van der Waals surface area (Å²) in [6.07, 6.45) is 0. The highest BCUT2D eigenvalue weighted by Gasteiger charge is 2.54. The average molecular weight is 468 g/mol. The molecule has 1 saturated heterocycles. The molecular weight excluding hydrogens is 454 g/mol. The lowest BCUT2D eigenvalue weighted by Crippen LogP contribution is -2.71. The maximum absolute atomic E-state index is 12.7. The van der Waals surface area contributed by atoms with Crippen LogP contribution < -0.4 is 11.1 Å². The van der Waals surface area contributed by atoms with Gasteiger partial charge in [0.2, 0.25) is 0 Å². The number of thiazole rings is 1. The molecule has 2 amide bonds. The number of anilines is 1. The number of carboxylic acid groups (broad SMARTS) is 1. The van der Waals surface area contributed by atoms with E-state index < -0.39 is 29.2 Å². The maximum atomic E-state index is 12.7. The molecule has 2 aliphatic heterocycles. The third-order valence-electron chi connectivity index (χ3n) is 4.29. The zero-order chi connectivity index (χ0) is 21.4.